The molecule has 64 heavy (non-hydrogen) atoms. The lowest BCUT2D eigenvalue weighted by atomic mass is 9.35. The van der Waals surface area contributed by atoms with Crippen LogP contribution in [0.15, 0.2) is 103 Å². The quantitative estimate of drug-likeness (QED) is 0.154. The van der Waals surface area contributed by atoms with Gasteiger partial charge in [-0.2, -0.15) is 11.3 Å². The summed E-state index contributed by atoms with van der Waals surface area (Å²) in [4.78, 5) is 7.10. The Balaban J connectivity index is 1.25. The Kier molecular flexibility index (Phi) is 10.4. The SMILES string of the molecule is CCc1ccc(N2c3cc(C(C)(C)C)cc4c3B(c3cc(C5CCCCC5)ccc3N4c3ccc(C4CCCCC4)cc3)c3sc4c(c32)C(C)(C)CCC4(C)C)c(-c2ccccc2)c1. The molecule has 5 aliphatic rings. The van der Waals surface area contributed by atoms with E-state index in [4.69, 9.17) is 0 Å². The number of rotatable bonds is 6. The minimum absolute atomic E-state index is 0.0268. The fraction of sp³-hybridized carbons (Fsp3) is 0.433. The van der Waals surface area contributed by atoms with Gasteiger partial charge in [-0.15, -0.1) is 0 Å². The van der Waals surface area contributed by atoms with Crippen molar-refractivity contribution in [2.24, 2.45) is 0 Å². The van der Waals surface area contributed by atoms with E-state index in [0.29, 0.717) is 11.8 Å². The van der Waals surface area contributed by atoms with Crippen LogP contribution in [0, 0.1) is 0 Å². The van der Waals surface area contributed by atoms with Crippen molar-refractivity contribution in [1.82, 2.24) is 0 Å². The molecular formula is C60H69BN2S. The van der Waals surface area contributed by atoms with Crippen molar-refractivity contribution in [1.29, 1.82) is 0 Å². The van der Waals surface area contributed by atoms with Crippen LogP contribution in [-0.4, -0.2) is 6.71 Å². The lowest BCUT2D eigenvalue weighted by Crippen LogP contribution is -2.61. The predicted octanol–water partition coefficient (Wildman–Crippen LogP) is 15.8. The van der Waals surface area contributed by atoms with Crippen molar-refractivity contribution in [3.8, 4) is 11.1 Å². The Morgan fingerprint density at radius 2 is 1.23 bits per heavy atom. The lowest BCUT2D eigenvalue weighted by Gasteiger charge is -2.46. The van der Waals surface area contributed by atoms with Crippen molar-refractivity contribution >= 4 is 67.9 Å². The van der Waals surface area contributed by atoms with Crippen LogP contribution in [0.1, 0.15) is 177 Å². The molecule has 6 aromatic rings. The Bertz CT molecular complexity index is 2720. The minimum atomic E-state index is -0.0712. The number of nitrogens with zero attached hydrogens (tertiary/aromatic N) is 2. The predicted molar refractivity (Wildman–Crippen MR) is 279 cm³/mol. The maximum absolute atomic E-state index is 2.81. The van der Waals surface area contributed by atoms with E-state index in [1.165, 1.54) is 150 Å². The van der Waals surface area contributed by atoms with Gasteiger partial charge in [0.15, 0.2) is 0 Å². The van der Waals surface area contributed by atoms with Crippen molar-refractivity contribution < 1.29 is 0 Å². The van der Waals surface area contributed by atoms with E-state index in [0.717, 1.165) is 6.42 Å². The molecule has 0 bridgehead atoms. The monoisotopic (exact) mass is 861 g/mol. The summed E-state index contributed by atoms with van der Waals surface area (Å²) in [5.74, 6) is 1.31. The molecular weight excluding hydrogens is 792 g/mol. The average Bonchev–Trinajstić information content (AvgIpc) is 3.74. The van der Waals surface area contributed by atoms with E-state index < -0.39 is 0 Å². The molecule has 11 rings (SSSR count). The highest BCUT2D eigenvalue weighted by Crippen LogP contribution is 2.57. The smallest absolute Gasteiger partial charge is 0.264 e. The number of anilines is 6. The second-order valence-electron chi connectivity index (χ2n) is 22.7. The highest BCUT2D eigenvalue weighted by Gasteiger charge is 2.51. The number of aryl methyl sites for hydroxylation is 1. The van der Waals surface area contributed by atoms with Crippen LogP contribution in [0.3, 0.4) is 0 Å². The van der Waals surface area contributed by atoms with Crippen molar-refractivity contribution in [2.45, 2.75) is 167 Å². The fourth-order valence-corrected chi connectivity index (χ4v) is 14.4. The van der Waals surface area contributed by atoms with Crippen LogP contribution < -0.4 is 25.5 Å². The van der Waals surface area contributed by atoms with Gasteiger partial charge in [0.05, 0.1) is 11.4 Å². The number of fused-ring (bicyclic) bond motifs is 6. The molecule has 0 atom stereocenters. The Morgan fingerprint density at radius 3 is 1.89 bits per heavy atom. The Labute approximate surface area is 389 Å². The van der Waals surface area contributed by atoms with E-state index >= 15 is 0 Å². The molecule has 2 saturated carbocycles. The largest absolute Gasteiger partial charge is 0.311 e. The zero-order chi connectivity index (χ0) is 44.1. The molecule has 0 saturated heterocycles. The summed E-state index contributed by atoms with van der Waals surface area (Å²) in [5.41, 5.74) is 21.1. The van der Waals surface area contributed by atoms with Gasteiger partial charge in [-0.05, 0) is 160 Å². The first kappa shape index (κ1) is 42.1. The summed E-state index contributed by atoms with van der Waals surface area (Å²) in [7, 11) is 0. The zero-order valence-corrected chi connectivity index (χ0v) is 40.9. The number of benzene rings is 5. The third-order valence-corrected chi connectivity index (χ3v) is 18.1. The molecule has 0 radical (unpaired) electrons. The Hall–Kier alpha value is -4.54. The molecule has 0 amide bonds. The van der Waals surface area contributed by atoms with Gasteiger partial charge in [-0.3, -0.25) is 0 Å². The molecule has 328 valence electrons. The molecule has 0 spiro atoms. The van der Waals surface area contributed by atoms with Gasteiger partial charge in [0.2, 0.25) is 0 Å². The summed E-state index contributed by atoms with van der Waals surface area (Å²) < 4.78 is 1.54. The molecule has 0 unspecified atom stereocenters. The summed E-state index contributed by atoms with van der Waals surface area (Å²) in [5, 5.41) is 0. The van der Waals surface area contributed by atoms with Crippen LogP contribution in [0.2, 0.25) is 0 Å². The number of hydrogen-bond donors (Lipinski definition) is 0. The highest BCUT2D eigenvalue weighted by molar-refractivity contribution is 7.29. The van der Waals surface area contributed by atoms with Crippen LogP contribution in [0.4, 0.5) is 34.1 Å². The summed E-state index contributed by atoms with van der Waals surface area (Å²) >= 11 is 2.16. The van der Waals surface area contributed by atoms with E-state index in [-0.39, 0.29) is 23.0 Å². The molecule has 4 heteroatoms. The van der Waals surface area contributed by atoms with Crippen LogP contribution in [-0.2, 0) is 22.7 Å². The van der Waals surface area contributed by atoms with Gasteiger partial charge in [-0.1, -0.05) is 155 Å². The topological polar surface area (TPSA) is 6.48 Å². The molecule has 1 aromatic heterocycles. The normalized spacial score (nSPS) is 19.2. The Morgan fingerprint density at radius 1 is 0.625 bits per heavy atom. The average molecular weight is 861 g/mol. The van der Waals surface area contributed by atoms with Crippen molar-refractivity contribution in [3.05, 3.63) is 136 Å². The third-order valence-electron chi connectivity index (χ3n) is 16.5. The molecule has 0 N–H and O–H groups in total. The molecule has 3 aliphatic carbocycles. The van der Waals surface area contributed by atoms with E-state index in [9.17, 15) is 0 Å². The first-order valence-corrected chi connectivity index (χ1v) is 26.0. The molecule has 2 nitrogen and oxygen atoms in total. The third kappa shape index (κ3) is 6.94. The van der Waals surface area contributed by atoms with Gasteiger partial charge in [0, 0.05) is 38.0 Å². The van der Waals surface area contributed by atoms with Crippen LogP contribution in [0.5, 0.6) is 0 Å². The maximum Gasteiger partial charge on any atom is 0.264 e. The van der Waals surface area contributed by atoms with Gasteiger partial charge < -0.3 is 9.80 Å². The van der Waals surface area contributed by atoms with Crippen LogP contribution in [0.25, 0.3) is 11.1 Å². The van der Waals surface area contributed by atoms with E-state index in [1.807, 2.05) is 0 Å². The second kappa shape index (κ2) is 15.8. The highest BCUT2D eigenvalue weighted by atomic mass is 32.1. The minimum Gasteiger partial charge on any atom is -0.311 e. The van der Waals surface area contributed by atoms with E-state index in [1.54, 1.807) is 20.8 Å². The number of thiophene rings is 1. The summed E-state index contributed by atoms with van der Waals surface area (Å²) in [6, 6.07) is 41.5. The fourth-order valence-electron chi connectivity index (χ4n) is 12.6. The lowest BCUT2D eigenvalue weighted by molar-refractivity contribution is 0.339. The summed E-state index contributed by atoms with van der Waals surface area (Å²) in [6.45, 7) is 19.8. The van der Waals surface area contributed by atoms with Gasteiger partial charge in [-0.25, -0.2) is 0 Å². The molecule has 3 heterocycles. The van der Waals surface area contributed by atoms with Crippen LogP contribution >= 0.6 is 11.3 Å². The van der Waals surface area contributed by atoms with E-state index in [2.05, 4.69) is 180 Å². The second-order valence-corrected chi connectivity index (χ2v) is 23.8. The zero-order valence-electron chi connectivity index (χ0n) is 40.0. The maximum atomic E-state index is 2.81. The van der Waals surface area contributed by atoms with Crippen molar-refractivity contribution in [3.63, 3.8) is 0 Å². The summed E-state index contributed by atoms with van der Waals surface area (Å²) in [6.07, 6.45) is 16.8. The first-order valence-electron chi connectivity index (χ1n) is 25.2. The standard InChI is InChI=1S/C60H69BN2S/c1-9-39-25-31-49(47(35-39)43-23-17-12-18-24-43)63-52-38-45(58(2,3)4)37-51-54(52)61(57-55(63)53-56(64-57)60(7,8)34-33-59(53,5)6)48-36-44(41-21-15-11-16-22-41)28-32-50(48)62(51)46-29-26-42(27-30-46)40-19-13-10-14-20-40/h12,17-18,23-32,35-38,40-41H,9-11,13-16,19-22,33-34H2,1-8H3. The van der Waals surface area contributed by atoms with Crippen molar-refractivity contribution in [2.75, 3.05) is 9.80 Å². The van der Waals surface area contributed by atoms with Gasteiger partial charge in [0.1, 0.15) is 0 Å². The molecule has 2 fully saturated rings. The molecule has 5 aromatic carbocycles. The first-order chi connectivity index (χ1) is 30.8. The number of hydrogen-bond acceptors (Lipinski definition) is 3. The molecule has 2 aliphatic heterocycles. The van der Waals surface area contributed by atoms with Gasteiger partial charge >= 0.3 is 0 Å². The van der Waals surface area contributed by atoms with Gasteiger partial charge in [0.25, 0.3) is 6.71 Å².